The first-order chi connectivity index (χ1) is 16.6. The van der Waals surface area contributed by atoms with Crippen LogP contribution in [0.2, 0.25) is 5.02 Å². The maximum absolute atomic E-state index is 14.0. The Kier molecular flexibility index (Phi) is 7.51. The second-order valence-electron chi connectivity index (χ2n) is 8.81. The average Bonchev–Trinajstić information content (AvgIpc) is 3.23. The second-order valence-corrected chi connectivity index (χ2v) is 11.9. The quantitative estimate of drug-likeness (QED) is 0.444. The largest absolute Gasteiger partial charge is 0.336 e. The highest BCUT2D eigenvalue weighted by Crippen LogP contribution is 2.39. The minimum Gasteiger partial charge on any atom is -0.336 e. The fraction of sp³-hybridized carbons (Fsp3) is 0.360. The molecule has 2 heterocycles. The van der Waals surface area contributed by atoms with E-state index < -0.39 is 15.6 Å². The number of thiophene rings is 1. The van der Waals surface area contributed by atoms with Gasteiger partial charge in [-0.1, -0.05) is 48.9 Å². The molecule has 10 heteroatoms. The number of carbonyl (C=O) groups excluding carboxylic acids is 2. The lowest BCUT2D eigenvalue weighted by Crippen LogP contribution is -2.69. The van der Waals surface area contributed by atoms with Gasteiger partial charge in [0.2, 0.25) is 15.9 Å². The molecule has 0 saturated carbocycles. The molecule has 35 heavy (non-hydrogen) atoms. The zero-order valence-electron chi connectivity index (χ0n) is 19.4. The van der Waals surface area contributed by atoms with Crippen LogP contribution in [0.3, 0.4) is 0 Å². The molecule has 2 N–H and O–H groups in total. The summed E-state index contributed by atoms with van der Waals surface area (Å²) in [4.78, 5) is 30.9. The summed E-state index contributed by atoms with van der Waals surface area (Å²) >= 11 is 7.52. The van der Waals surface area contributed by atoms with Gasteiger partial charge in [-0.05, 0) is 43.0 Å². The fourth-order valence-electron chi connectivity index (χ4n) is 4.63. The third-order valence-corrected chi connectivity index (χ3v) is 8.71. The van der Waals surface area contributed by atoms with Crippen LogP contribution in [-0.2, 0) is 21.4 Å². The van der Waals surface area contributed by atoms with Crippen molar-refractivity contribution in [1.82, 2.24) is 9.80 Å². The first kappa shape index (κ1) is 25.6. The van der Waals surface area contributed by atoms with Gasteiger partial charge in [0.1, 0.15) is 5.54 Å². The number of primary sulfonamides is 1. The number of halogens is 1. The monoisotopic (exact) mass is 533 g/mol. The van der Waals surface area contributed by atoms with Gasteiger partial charge in [-0.2, -0.15) is 0 Å². The van der Waals surface area contributed by atoms with Gasteiger partial charge in [-0.15, -0.1) is 11.3 Å². The van der Waals surface area contributed by atoms with Gasteiger partial charge in [0, 0.05) is 40.1 Å². The SMILES string of the molecule is CCC1(C(=O)N(CCCS(N)(=O)=O)Cc2ccc(Cl)cc2)CCN1C(=O)c1csc2ccccc12. The Morgan fingerprint density at radius 1 is 1.17 bits per heavy atom. The summed E-state index contributed by atoms with van der Waals surface area (Å²) in [6.07, 6.45) is 1.23. The van der Waals surface area contributed by atoms with E-state index in [4.69, 9.17) is 16.7 Å². The smallest absolute Gasteiger partial charge is 0.256 e. The van der Waals surface area contributed by atoms with Gasteiger partial charge >= 0.3 is 0 Å². The second kappa shape index (κ2) is 10.3. The van der Waals surface area contributed by atoms with E-state index in [1.54, 1.807) is 21.9 Å². The van der Waals surface area contributed by atoms with Crippen molar-refractivity contribution in [1.29, 1.82) is 0 Å². The Morgan fingerprint density at radius 2 is 1.89 bits per heavy atom. The molecular formula is C25H28ClN3O4S2. The molecule has 1 atom stereocenters. The van der Waals surface area contributed by atoms with Crippen molar-refractivity contribution < 1.29 is 18.0 Å². The zero-order chi connectivity index (χ0) is 25.2. The van der Waals surface area contributed by atoms with Crippen LogP contribution in [0, 0.1) is 0 Å². The topological polar surface area (TPSA) is 101 Å². The normalized spacial score (nSPS) is 17.9. The van der Waals surface area contributed by atoms with Crippen LogP contribution in [0.25, 0.3) is 10.1 Å². The van der Waals surface area contributed by atoms with Gasteiger partial charge in [-0.25, -0.2) is 13.6 Å². The zero-order valence-corrected chi connectivity index (χ0v) is 21.8. The summed E-state index contributed by atoms with van der Waals surface area (Å²) in [6.45, 7) is 2.90. The Balaban J connectivity index is 1.60. The van der Waals surface area contributed by atoms with Crippen molar-refractivity contribution in [3.8, 4) is 0 Å². The fourth-order valence-corrected chi connectivity index (χ4v) is 6.23. The van der Waals surface area contributed by atoms with E-state index >= 15 is 0 Å². The molecule has 7 nitrogen and oxygen atoms in total. The van der Waals surface area contributed by atoms with Crippen LogP contribution in [0.1, 0.15) is 42.1 Å². The molecule has 186 valence electrons. The number of carbonyl (C=O) groups is 2. The van der Waals surface area contributed by atoms with Crippen LogP contribution in [0.5, 0.6) is 0 Å². The Bertz CT molecular complexity index is 1340. The number of hydrogen-bond donors (Lipinski definition) is 1. The van der Waals surface area contributed by atoms with Crippen molar-refractivity contribution in [3.05, 3.63) is 70.1 Å². The molecule has 4 rings (SSSR count). The highest BCUT2D eigenvalue weighted by atomic mass is 35.5. The standard InChI is InChI=1S/C25H28ClN3O4S2/c1-2-25(12-14-29(25)23(30)21-17-34-22-7-4-3-6-20(21)22)24(31)28(13-5-15-35(27,32)33)16-18-8-10-19(26)11-9-18/h3-4,6-11,17H,2,5,12-16H2,1H3,(H2,27,32,33). The number of nitrogens with two attached hydrogens (primary N) is 1. The lowest BCUT2D eigenvalue weighted by Gasteiger charge is -2.52. The summed E-state index contributed by atoms with van der Waals surface area (Å²) in [6, 6.07) is 14.9. The Labute approximate surface area is 214 Å². The maximum atomic E-state index is 14.0. The number of rotatable bonds is 9. The molecule has 0 radical (unpaired) electrons. The van der Waals surface area contributed by atoms with Crippen LogP contribution >= 0.6 is 22.9 Å². The third-order valence-electron chi connectivity index (χ3n) is 6.64. The van der Waals surface area contributed by atoms with E-state index in [2.05, 4.69) is 0 Å². The van der Waals surface area contributed by atoms with Crippen LogP contribution in [0.4, 0.5) is 0 Å². The number of hydrogen-bond acceptors (Lipinski definition) is 5. The van der Waals surface area contributed by atoms with E-state index in [1.807, 2.05) is 48.7 Å². The molecule has 1 saturated heterocycles. The minimum atomic E-state index is -3.65. The number of fused-ring (bicyclic) bond motifs is 1. The lowest BCUT2D eigenvalue weighted by atomic mass is 9.79. The van der Waals surface area contributed by atoms with Crippen molar-refractivity contribution in [2.45, 2.75) is 38.3 Å². The summed E-state index contributed by atoms with van der Waals surface area (Å²) in [5.41, 5.74) is 0.508. The molecule has 0 spiro atoms. The number of sulfonamides is 1. The molecule has 1 aliphatic rings. The van der Waals surface area contributed by atoms with Crippen LogP contribution in [-0.4, -0.2) is 54.4 Å². The van der Waals surface area contributed by atoms with E-state index in [1.165, 1.54) is 11.3 Å². The van der Waals surface area contributed by atoms with Gasteiger partial charge in [-0.3, -0.25) is 9.59 Å². The number of nitrogens with zero attached hydrogens (tertiary/aromatic N) is 2. The molecule has 2 amide bonds. The van der Waals surface area contributed by atoms with Crippen molar-refractivity contribution in [2.75, 3.05) is 18.8 Å². The number of amides is 2. The molecular weight excluding hydrogens is 506 g/mol. The molecule has 0 bridgehead atoms. The van der Waals surface area contributed by atoms with Crippen LogP contribution < -0.4 is 5.14 Å². The molecule has 2 aromatic carbocycles. The summed E-state index contributed by atoms with van der Waals surface area (Å²) < 4.78 is 24.0. The first-order valence-corrected chi connectivity index (χ1v) is 14.4. The van der Waals surface area contributed by atoms with Gasteiger partial charge < -0.3 is 9.80 Å². The molecule has 3 aromatic rings. The average molecular weight is 534 g/mol. The highest BCUT2D eigenvalue weighted by Gasteiger charge is 2.53. The van der Waals surface area contributed by atoms with Crippen molar-refractivity contribution in [2.24, 2.45) is 5.14 Å². The molecule has 1 aromatic heterocycles. The van der Waals surface area contributed by atoms with Gasteiger partial charge in [0.15, 0.2) is 0 Å². The maximum Gasteiger partial charge on any atom is 0.256 e. The summed E-state index contributed by atoms with van der Waals surface area (Å²) in [5, 5.41) is 8.51. The van der Waals surface area contributed by atoms with Crippen molar-refractivity contribution >= 4 is 54.9 Å². The molecule has 1 aliphatic heterocycles. The minimum absolute atomic E-state index is 0.153. The van der Waals surface area contributed by atoms with Gasteiger partial charge in [0.05, 0.1) is 11.3 Å². The van der Waals surface area contributed by atoms with E-state index in [0.717, 1.165) is 15.6 Å². The number of benzene rings is 2. The lowest BCUT2D eigenvalue weighted by molar-refractivity contribution is -0.151. The Hall–Kier alpha value is -2.46. The van der Waals surface area contributed by atoms with Crippen LogP contribution in [0.15, 0.2) is 53.9 Å². The predicted molar refractivity (Wildman–Crippen MR) is 140 cm³/mol. The molecule has 0 aliphatic carbocycles. The van der Waals surface area contributed by atoms with Crippen molar-refractivity contribution in [3.63, 3.8) is 0 Å². The van der Waals surface area contributed by atoms with E-state index in [0.29, 0.717) is 30.0 Å². The molecule has 1 fully saturated rings. The highest BCUT2D eigenvalue weighted by molar-refractivity contribution is 7.89. The summed E-state index contributed by atoms with van der Waals surface area (Å²) in [7, 11) is -3.65. The molecule has 1 unspecified atom stereocenters. The predicted octanol–water partition coefficient (Wildman–Crippen LogP) is 4.26. The summed E-state index contributed by atoms with van der Waals surface area (Å²) in [5.74, 6) is -0.552. The van der Waals surface area contributed by atoms with Gasteiger partial charge in [0.25, 0.3) is 5.91 Å². The van der Waals surface area contributed by atoms with E-state index in [9.17, 15) is 18.0 Å². The Morgan fingerprint density at radius 3 is 2.51 bits per heavy atom. The van der Waals surface area contributed by atoms with E-state index in [-0.39, 0.29) is 37.1 Å². The number of likely N-dealkylation sites (tertiary alicyclic amines) is 1. The third kappa shape index (κ3) is 5.38. The first-order valence-electron chi connectivity index (χ1n) is 11.5.